The first-order chi connectivity index (χ1) is 7.49. The van der Waals surface area contributed by atoms with Crippen LogP contribution in [0.5, 0.6) is 0 Å². The molecule has 2 atom stereocenters. The first kappa shape index (κ1) is 12.5. The standard InChI is InChI=1S/C10H14N2O4/c1-2-3-7(8(13)14)12-9(15)10(11)4-5-16-6-10/h1,7H,3-6,11H2,(H,12,15)(H,13,14). The molecule has 0 radical (unpaired) electrons. The highest BCUT2D eigenvalue weighted by Gasteiger charge is 2.39. The molecule has 1 aliphatic rings. The van der Waals surface area contributed by atoms with Gasteiger partial charge in [0.2, 0.25) is 5.91 Å². The summed E-state index contributed by atoms with van der Waals surface area (Å²) >= 11 is 0. The number of hydrogen-bond acceptors (Lipinski definition) is 4. The van der Waals surface area contributed by atoms with E-state index in [0.29, 0.717) is 13.0 Å². The van der Waals surface area contributed by atoms with E-state index in [9.17, 15) is 9.59 Å². The highest BCUT2D eigenvalue weighted by Crippen LogP contribution is 2.15. The highest BCUT2D eigenvalue weighted by molar-refractivity contribution is 5.90. The number of amides is 1. The average Bonchev–Trinajstić information content (AvgIpc) is 2.65. The van der Waals surface area contributed by atoms with Crippen molar-refractivity contribution in [2.75, 3.05) is 13.2 Å². The maximum absolute atomic E-state index is 11.7. The molecule has 6 heteroatoms. The molecule has 0 aromatic rings. The van der Waals surface area contributed by atoms with Gasteiger partial charge < -0.3 is 20.9 Å². The summed E-state index contributed by atoms with van der Waals surface area (Å²) < 4.78 is 5.01. The van der Waals surface area contributed by atoms with E-state index in [0.717, 1.165) is 0 Å². The Balaban J connectivity index is 2.61. The molecule has 16 heavy (non-hydrogen) atoms. The summed E-state index contributed by atoms with van der Waals surface area (Å²) in [6, 6.07) is -1.10. The number of ether oxygens (including phenoxy) is 1. The van der Waals surface area contributed by atoms with Gasteiger partial charge in [0.15, 0.2) is 0 Å². The van der Waals surface area contributed by atoms with E-state index in [-0.39, 0.29) is 13.0 Å². The lowest BCUT2D eigenvalue weighted by Crippen LogP contribution is -2.57. The third kappa shape index (κ3) is 2.72. The topological polar surface area (TPSA) is 102 Å². The van der Waals surface area contributed by atoms with Crippen molar-refractivity contribution in [1.82, 2.24) is 5.32 Å². The molecule has 1 fully saturated rings. The molecular weight excluding hydrogens is 212 g/mol. The van der Waals surface area contributed by atoms with Crippen molar-refractivity contribution in [3.8, 4) is 12.3 Å². The van der Waals surface area contributed by atoms with Crippen LogP contribution in [0, 0.1) is 12.3 Å². The van der Waals surface area contributed by atoms with E-state index in [4.69, 9.17) is 22.0 Å². The van der Waals surface area contributed by atoms with E-state index in [1.54, 1.807) is 0 Å². The van der Waals surface area contributed by atoms with Gasteiger partial charge in [0.1, 0.15) is 11.6 Å². The zero-order valence-electron chi connectivity index (χ0n) is 8.73. The SMILES string of the molecule is C#CCC(NC(=O)C1(N)CCOC1)C(=O)O. The summed E-state index contributed by atoms with van der Waals surface area (Å²) in [5.41, 5.74) is 4.63. The summed E-state index contributed by atoms with van der Waals surface area (Å²) in [4.78, 5) is 22.5. The third-order valence-electron chi connectivity index (χ3n) is 2.43. The van der Waals surface area contributed by atoms with Gasteiger partial charge in [-0.15, -0.1) is 12.3 Å². The van der Waals surface area contributed by atoms with Crippen LogP contribution in [-0.4, -0.2) is 41.8 Å². The monoisotopic (exact) mass is 226 g/mol. The number of carbonyl (C=O) groups excluding carboxylic acids is 1. The zero-order valence-corrected chi connectivity index (χ0v) is 8.73. The third-order valence-corrected chi connectivity index (χ3v) is 2.43. The summed E-state index contributed by atoms with van der Waals surface area (Å²) in [6.07, 6.45) is 5.31. The summed E-state index contributed by atoms with van der Waals surface area (Å²) in [7, 11) is 0. The van der Waals surface area contributed by atoms with Crippen LogP contribution in [0.15, 0.2) is 0 Å². The molecule has 6 nitrogen and oxygen atoms in total. The van der Waals surface area contributed by atoms with Crippen LogP contribution in [-0.2, 0) is 14.3 Å². The predicted octanol–water partition coefficient (Wildman–Crippen LogP) is -1.30. The van der Waals surface area contributed by atoms with Crippen LogP contribution in [0.3, 0.4) is 0 Å². The molecular formula is C10H14N2O4. The summed E-state index contributed by atoms with van der Waals surface area (Å²) in [5, 5.41) is 11.1. The van der Waals surface area contributed by atoms with Crippen LogP contribution < -0.4 is 11.1 Å². The van der Waals surface area contributed by atoms with Crippen molar-refractivity contribution < 1.29 is 19.4 Å². The number of aliphatic carboxylic acids is 1. The second-order valence-electron chi connectivity index (χ2n) is 3.73. The van der Waals surface area contributed by atoms with Gasteiger partial charge >= 0.3 is 5.97 Å². The molecule has 0 spiro atoms. The van der Waals surface area contributed by atoms with Crippen LogP contribution in [0.25, 0.3) is 0 Å². The molecule has 0 bridgehead atoms. The number of nitrogens with two attached hydrogens (primary N) is 1. The van der Waals surface area contributed by atoms with Crippen molar-refractivity contribution in [3.63, 3.8) is 0 Å². The molecule has 1 rings (SSSR count). The van der Waals surface area contributed by atoms with Gasteiger partial charge in [0.05, 0.1) is 6.61 Å². The van der Waals surface area contributed by atoms with Crippen LogP contribution >= 0.6 is 0 Å². The van der Waals surface area contributed by atoms with Crippen molar-refractivity contribution in [2.24, 2.45) is 5.73 Å². The molecule has 0 saturated carbocycles. The molecule has 0 aliphatic carbocycles. The van der Waals surface area contributed by atoms with Gasteiger partial charge in [-0.1, -0.05) is 0 Å². The van der Waals surface area contributed by atoms with E-state index in [1.807, 2.05) is 0 Å². The highest BCUT2D eigenvalue weighted by atomic mass is 16.5. The average molecular weight is 226 g/mol. The summed E-state index contributed by atoms with van der Waals surface area (Å²) in [6.45, 7) is 0.498. The minimum Gasteiger partial charge on any atom is -0.480 e. The van der Waals surface area contributed by atoms with Gasteiger partial charge in [0, 0.05) is 13.0 Å². The Kier molecular flexibility index (Phi) is 3.88. The Bertz CT molecular complexity index is 328. The number of hydrogen-bond donors (Lipinski definition) is 3. The number of carbonyl (C=O) groups is 2. The number of terminal acetylenes is 1. The first-order valence-corrected chi connectivity index (χ1v) is 4.83. The Hall–Kier alpha value is -1.58. The van der Waals surface area contributed by atoms with Crippen molar-refractivity contribution in [1.29, 1.82) is 0 Å². The van der Waals surface area contributed by atoms with Gasteiger partial charge in [-0.25, -0.2) is 4.79 Å². The maximum Gasteiger partial charge on any atom is 0.327 e. The van der Waals surface area contributed by atoms with Crippen LogP contribution in [0.1, 0.15) is 12.8 Å². The van der Waals surface area contributed by atoms with Crippen molar-refractivity contribution in [3.05, 3.63) is 0 Å². The fraction of sp³-hybridized carbons (Fsp3) is 0.600. The number of rotatable bonds is 4. The van der Waals surface area contributed by atoms with Gasteiger partial charge in [-0.2, -0.15) is 0 Å². The smallest absolute Gasteiger partial charge is 0.327 e. The second-order valence-corrected chi connectivity index (χ2v) is 3.73. The predicted molar refractivity (Wildman–Crippen MR) is 55.4 cm³/mol. The molecule has 1 amide bonds. The molecule has 0 aromatic carbocycles. The molecule has 1 saturated heterocycles. The number of carboxylic acids is 1. The fourth-order valence-electron chi connectivity index (χ4n) is 1.38. The van der Waals surface area contributed by atoms with E-state index < -0.39 is 23.5 Å². The second kappa shape index (κ2) is 4.96. The Morgan fingerprint density at radius 1 is 1.69 bits per heavy atom. The minimum atomic E-state index is -1.17. The Morgan fingerprint density at radius 2 is 2.38 bits per heavy atom. The summed E-state index contributed by atoms with van der Waals surface area (Å²) in [5.74, 6) is 0.483. The molecule has 1 heterocycles. The van der Waals surface area contributed by atoms with Crippen LogP contribution in [0.4, 0.5) is 0 Å². The maximum atomic E-state index is 11.7. The quantitative estimate of drug-likeness (QED) is 0.517. The van der Waals surface area contributed by atoms with Crippen molar-refractivity contribution >= 4 is 11.9 Å². The molecule has 4 N–H and O–H groups in total. The van der Waals surface area contributed by atoms with E-state index in [2.05, 4.69) is 11.2 Å². The Morgan fingerprint density at radius 3 is 2.81 bits per heavy atom. The lowest BCUT2D eigenvalue weighted by Gasteiger charge is -2.22. The largest absolute Gasteiger partial charge is 0.480 e. The molecule has 88 valence electrons. The normalized spacial score (nSPS) is 25.8. The molecule has 1 aliphatic heterocycles. The lowest BCUT2D eigenvalue weighted by molar-refractivity contribution is -0.142. The molecule has 2 unspecified atom stereocenters. The first-order valence-electron chi connectivity index (χ1n) is 4.83. The van der Waals surface area contributed by atoms with E-state index in [1.165, 1.54) is 0 Å². The number of carboxylic acid groups (broad SMARTS) is 1. The fourth-order valence-corrected chi connectivity index (χ4v) is 1.38. The minimum absolute atomic E-state index is 0.0714. The van der Waals surface area contributed by atoms with Gasteiger partial charge in [0.25, 0.3) is 0 Å². The lowest BCUT2D eigenvalue weighted by atomic mass is 9.98. The number of nitrogens with one attached hydrogen (secondary N) is 1. The van der Waals surface area contributed by atoms with Crippen molar-refractivity contribution in [2.45, 2.75) is 24.4 Å². The zero-order chi connectivity index (χ0) is 12.2. The van der Waals surface area contributed by atoms with Crippen LogP contribution in [0.2, 0.25) is 0 Å². The molecule has 0 aromatic heterocycles. The van der Waals surface area contributed by atoms with Gasteiger partial charge in [-0.05, 0) is 6.42 Å². The van der Waals surface area contributed by atoms with Gasteiger partial charge in [-0.3, -0.25) is 4.79 Å². The Labute approximate surface area is 93.1 Å². The van der Waals surface area contributed by atoms with E-state index >= 15 is 0 Å².